The lowest BCUT2D eigenvalue weighted by Gasteiger charge is -2.40. The molecule has 50 heavy (non-hydrogen) atoms. The van der Waals surface area contributed by atoms with Gasteiger partial charge in [-0.25, -0.2) is 0 Å². The number of nitrogens with one attached hydrogen (secondary N) is 1. The van der Waals surface area contributed by atoms with Gasteiger partial charge in [0.25, 0.3) is 0 Å². The Labute approximate surface area is 305 Å². The van der Waals surface area contributed by atoms with Crippen molar-refractivity contribution in [1.82, 2.24) is 5.32 Å². The van der Waals surface area contributed by atoms with Crippen molar-refractivity contribution in [2.45, 2.75) is 217 Å². The van der Waals surface area contributed by atoms with Crippen LogP contribution in [0, 0.1) is 0 Å². The second-order valence-corrected chi connectivity index (χ2v) is 14.4. The van der Waals surface area contributed by atoms with E-state index >= 15 is 0 Å². The number of aliphatic hydroxyl groups is 5. The van der Waals surface area contributed by atoms with Gasteiger partial charge in [-0.15, -0.1) is 0 Å². The van der Waals surface area contributed by atoms with Gasteiger partial charge in [-0.2, -0.15) is 0 Å². The second kappa shape index (κ2) is 32.3. The summed E-state index contributed by atoms with van der Waals surface area (Å²) in [6.07, 6.45) is 29.3. The highest BCUT2D eigenvalue weighted by atomic mass is 16.7. The van der Waals surface area contributed by atoms with E-state index in [1.54, 1.807) is 6.08 Å². The quantitative estimate of drug-likeness (QED) is 0.0302. The van der Waals surface area contributed by atoms with Crippen molar-refractivity contribution >= 4 is 5.91 Å². The molecule has 0 saturated carbocycles. The zero-order valence-corrected chi connectivity index (χ0v) is 31.9. The number of ether oxygens (including phenoxy) is 2. The summed E-state index contributed by atoms with van der Waals surface area (Å²) in [4.78, 5) is 12.9. The van der Waals surface area contributed by atoms with Gasteiger partial charge in [-0.05, 0) is 44.9 Å². The van der Waals surface area contributed by atoms with E-state index in [4.69, 9.17) is 9.47 Å². The Bertz CT molecular complexity index is 837. The molecule has 9 nitrogen and oxygen atoms in total. The minimum atomic E-state index is -1.56. The Hall–Kier alpha value is -1.33. The first-order chi connectivity index (χ1) is 24.3. The van der Waals surface area contributed by atoms with E-state index in [0.717, 1.165) is 57.8 Å². The number of unbranched alkanes of at least 4 members (excludes halogenated alkanes) is 21. The fourth-order valence-corrected chi connectivity index (χ4v) is 6.38. The Balaban J connectivity index is 2.43. The first-order valence-electron chi connectivity index (χ1n) is 20.6. The lowest BCUT2D eigenvalue weighted by molar-refractivity contribution is -0.302. The van der Waals surface area contributed by atoms with Crippen LogP contribution in [0.2, 0.25) is 0 Å². The Morgan fingerprint density at radius 2 is 1.12 bits per heavy atom. The SMILES string of the molecule is CCCCCCCC/C=C/CCCCCCCC(=O)N[C@@H](CO[C@H]1O[C@@H](CO)[C@H](O)C(O)C1O)[C@H](O)/C=C/CCCCCCCCCCCC. The van der Waals surface area contributed by atoms with Crippen LogP contribution in [0.4, 0.5) is 0 Å². The molecule has 6 N–H and O–H groups in total. The van der Waals surface area contributed by atoms with Gasteiger partial charge in [-0.3, -0.25) is 4.79 Å². The zero-order valence-electron chi connectivity index (χ0n) is 31.9. The lowest BCUT2D eigenvalue weighted by Crippen LogP contribution is -2.60. The van der Waals surface area contributed by atoms with E-state index in [-0.39, 0.29) is 12.5 Å². The Kier molecular flexibility index (Phi) is 30.2. The summed E-state index contributed by atoms with van der Waals surface area (Å²) >= 11 is 0. The molecule has 1 heterocycles. The summed E-state index contributed by atoms with van der Waals surface area (Å²) < 4.78 is 11.2. The fraction of sp³-hybridized carbons (Fsp3) is 0.878. The number of carbonyl (C=O) groups excluding carboxylic acids is 1. The minimum Gasteiger partial charge on any atom is -0.394 e. The van der Waals surface area contributed by atoms with Crippen molar-refractivity contribution in [3.05, 3.63) is 24.3 Å². The van der Waals surface area contributed by atoms with Crippen molar-refractivity contribution in [1.29, 1.82) is 0 Å². The molecule has 0 aromatic heterocycles. The topological polar surface area (TPSA) is 149 Å². The van der Waals surface area contributed by atoms with Crippen LogP contribution in [0.5, 0.6) is 0 Å². The predicted octanol–water partition coefficient (Wildman–Crippen LogP) is 7.55. The van der Waals surface area contributed by atoms with Crippen molar-refractivity contribution < 1.29 is 39.8 Å². The van der Waals surface area contributed by atoms with E-state index in [2.05, 4.69) is 31.3 Å². The minimum absolute atomic E-state index is 0.188. The van der Waals surface area contributed by atoms with Crippen LogP contribution >= 0.6 is 0 Å². The van der Waals surface area contributed by atoms with Gasteiger partial charge in [0.15, 0.2) is 6.29 Å². The van der Waals surface area contributed by atoms with E-state index < -0.39 is 49.5 Å². The van der Waals surface area contributed by atoms with Crippen LogP contribution in [-0.4, -0.2) is 87.5 Å². The molecular weight excluding hydrogens is 634 g/mol. The van der Waals surface area contributed by atoms with Crippen molar-refractivity contribution in [2.75, 3.05) is 13.2 Å². The summed E-state index contributed by atoms with van der Waals surface area (Å²) in [5.74, 6) is -0.188. The Morgan fingerprint density at radius 1 is 0.660 bits per heavy atom. The van der Waals surface area contributed by atoms with E-state index in [0.29, 0.717) is 6.42 Å². The molecule has 1 saturated heterocycles. The summed E-state index contributed by atoms with van der Waals surface area (Å²) in [5.41, 5.74) is 0. The van der Waals surface area contributed by atoms with Gasteiger partial charge in [0, 0.05) is 6.42 Å². The molecule has 0 bridgehead atoms. The zero-order chi connectivity index (χ0) is 36.7. The summed E-state index contributed by atoms with van der Waals surface area (Å²) in [7, 11) is 0. The molecule has 0 radical (unpaired) electrons. The third kappa shape index (κ3) is 23.3. The van der Waals surface area contributed by atoms with Gasteiger partial charge < -0.3 is 40.3 Å². The lowest BCUT2D eigenvalue weighted by atomic mass is 9.99. The summed E-state index contributed by atoms with van der Waals surface area (Å²) in [6, 6.07) is -0.804. The maximum absolute atomic E-state index is 12.9. The normalized spacial score (nSPS) is 22.4. The molecule has 1 fully saturated rings. The van der Waals surface area contributed by atoms with Gasteiger partial charge in [0.05, 0.1) is 25.4 Å². The average Bonchev–Trinajstić information content (AvgIpc) is 3.11. The number of aliphatic hydroxyl groups excluding tert-OH is 5. The molecule has 1 rings (SSSR count). The third-order valence-corrected chi connectivity index (χ3v) is 9.77. The van der Waals surface area contributed by atoms with Crippen molar-refractivity contribution in [3.8, 4) is 0 Å². The molecule has 1 aliphatic rings. The molecule has 1 amide bonds. The fourth-order valence-electron chi connectivity index (χ4n) is 6.38. The monoisotopic (exact) mass is 712 g/mol. The maximum atomic E-state index is 12.9. The predicted molar refractivity (Wildman–Crippen MR) is 203 cm³/mol. The molecule has 0 aromatic carbocycles. The highest BCUT2D eigenvalue weighted by molar-refractivity contribution is 5.76. The highest BCUT2D eigenvalue weighted by Crippen LogP contribution is 2.22. The number of amides is 1. The number of rotatable bonds is 33. The second-order valence-electron chi connectivity index (χ2n) is 14.4. The molecule has 0 aliphatic carbocycles. The van der Waals surface area contributed by atoms with Crippen LogP contribution in [0.25, 0.3) is 0 Å². The number of allylic oxidation sites excluding steroid dienone is 3. The average molecular weight is 712 g/mol. The summed E-state index contributed by atoms with van der Waals surface area (Å²) in [5, 5.41) is 53.9. The molecule has 0 spiro atoms. The van der Waals surface area contributed by atoms with Crippen LogP contribution in [-0.2, 0) is 14.3 Å². The number of hydrogen-bond donors (Lipinski definition) is 6. The molecule has 9 heteroatoms. The molecule has 0 aromatic rings. The van der Waals surface area contributed by atoms with Crippen LogP contribution in [0.15, 0.2) is 24.3 Å². The van der Waals surface area contributed by atoms with E-state index in [1.807, 2.05) is 6.08 Å². The number of hydrogen-bond acceptors (Lipinski definition) is 8. The van der Waals surface area contributed by atoms with Gasteiger partial charge in [0.1, 0.15) is 24.4 Å². The molecule has 2 unspecified atom stereocenters. The maximum Gasteiger partial charge on any atom is 0.220 e. The Morgan fingerprint density at radius 3 is 1.62 bits per heavy atom. The highest BCUT2D eigenvalue weighted by Gasteiger charge is 2.44. The summed E-state index contributed by atoms with van der Waals surface area (Å²) in [6.45, 7) is 3.73. The molecule has 1 aliphatic heterocycles. The van der Waals surface area contributed by atoms with Crippen LogP contribution in [0.1, 0.15) is 174 Å². The van der Waals surface area contributed by atoms with Crippen molar-refractivity contribution in [3.63, 3.8) is 0 Å². The smallest absolute Gasteiger partial charge is 0.220 e. The van der Waals surface area contributed by atoms with Crippen molar-refractivity contribution in [2.24, 2.45) is 0 Å². The molecule has 7 atom stereocenters. The van der Waals surface area contributed by atoms with E-state index in [1.165, 1.54) is 96.3 Å². The van der Waals surface area contributed by atoms with Gasteiger partial charge >= 0.3 is 0 Å². The van der Waals surface area contributed by atoms with Gasteiger partial charge in [-0.1, -0.05) is 147 Å². The molecular formula is C41H77NO8. The first-order valence-corrected chi connectivity index (χ1v) is 20.6. The molecule has 294 valence electrons. The van der Waals surface area contributed by atoms with E-state index in [9.17, 15) is 30.3 Å². The largest absolute Gasteiger partial charge is 0.394 e. The van der Waals surface area contributed by atoms with Gasteiger partial charge in [0.2, 0.25) is 5.91 Å². The third-order valence-electron chi connectivity index (χ3n) is 9.77. The first kappa shape index (κ1) is 46.7. The standard InChI is InChI=1S/C41H77NO8/c1-3-5-7-9-11-13-15-17-18-19-21-23-25-27-29-31-37(45)42-34(33-49-41-40(48)39(47)38(46)36(32-43)50-41)35(44)30-28-26-24-22-20-16-14-12-10-8-6-4-2/h17-18,28,30,34-36,38-41,43-44,46-48H,3-16,19-27,29,31-33H2,1-2H3,(H,42,45)/b18-17+,30-28+/t34-,35+,36-,38-,39?,40?,41-/m0/s1. The van der Waals surface area contributed by atoms with Crippen LogP contribution in [0.3, 0.4) is 0 Å². The number of carbonyl (C=O) groups is 1. The van der Waals surface area contributed by atoms with Crippen LogP contribution < -0.4 is 5.32 Å².